The van der Waals surface area contributed by atoms with E-state index in [-0.39, 0.29) is 6.54 Å². The summed E-state index contributed by atoms with van der Waals surface area (Å²) in [6.45, 7) is 0.264. The van der Waals surface area contributed by atoms with Gasteiger partial charge in [-0.25, -0.2) is 8.78 Å². The lowest BCUT2D eigenvalue weighted by Gasteiger charge is -2.28. The molecule has 1 rings (SSSR count). The molecule has 1 atom stereocenters. The second-order valence-corrected chi connectivity index (χ2v) is 3.99. The predicted octanol–water partition coefficient (Wildman–Crippen LogP) is 1.25. The second-order valence-electron chi connectivity index (χ2n) is 3.07. The Balaban J connectivity index is 2.62. The highest BCUT2D eigenvalue weighted by molar-refractivity contribution is 9.12. The average Bonchev–Trinajstić information content (AvgIpc) is 2.15. The standard InChI is InChI=1S/C8H12BrF2N3/c9-6(3-12)4-14-7-1-2-13-5-8(7,10)11/h3-4,7,13H,1-2,5,12H2/b6-3+,14-4?. The van der Waals surface area contributed by atoms with Gasteiger partial charge in [0.1, 0.15) is 6.04 Å². The molecular formula is C8H12BrF2N3. The van der Waals surface area contributed by atoms with Crippen LogP contribution in [0.15, 0.2) is 15.7 Å². The van der Waals surface area contributed by atoms with Gasteiger partial charge in [-0.2, -0.15) is 0 Å². The van der Waals surface area contributed by atoms with E-state index in [1.165, 1.54) is 12.4 Å². The zero-order chi connectivity index (χ0) is 10.6. The van der Waals surface area contributed by atoms with Gasteiger partial charge in [0.05, 0.1) is 11.0 Å². The molecule has 0 bridgehead atoms. The molecule has 0 aromatic carbocycles. The van der Waals surface area contributed by atoms with Crippen LogP contribution in [0.5, 0.6) is 0 Å². The highest BCUT2D eigenvalue weighted by Gasteiger charge is 2.41. The fraction of sp³-hybridized carbons (Fsp3) is 0.625. The van der Waals surface area contributed by atoms with Gasteiger partial charge in [-0.3, -0.25) is 4.99 Å². The molecule has 1 aliphatic rings. The minimum Gasteiger partial charge on any atom is -0.404 e. The summed E-state index contributed by atoms with van der Waals surface area (Å²) in [6, 6.07) is -0.948. The van der Waals surface area contributed by atoms with E-state index in [9.17, 15) is 8.78 Å². The van der Waals surface area contributed by atoms with E-state index in [4.69, 9.17) is 5.73 Å². The number of nitrogens with one attached hydrogen (secondary N) is 1. The molecule has 6 heteroatoms. The largest absolute Gasteiger partial charge is 0.404 e. The molecule has 1 unspecified atom stereocenters. The number of aliphatic imine (C=N–C) groups is 1. The molecule has 3 nitrogen and oxygen atoms in total. The van der Waals surface area contributed by atoms with Crippen LogP contribution < -0.4 is 11.1 Å². The second kappa shape index (κ2) is 4.84. The molecule has 0 aromatic heterocycles. The summed E-state index contributed by atoms with van der Waals surface area (Å²) >= 11 is 3.07. The zero-order valence-electron chi connectivity index (χ0n) is 7.51. The van der Waals surface area contributed by atoms with Crippen LogP contribution in [-0.2, 0) is 0 Å². The van der Waals surface area contributed by atoms with Gasteiger partial charge in [0.2, 0.25) is 0 Å². The van der Waals surface area contributed by atoms with E-state index in [0.29, 0.717) is 17.4 Å². The van der Waals surface area contributed by atoms with Crippen molar-refractivity contribution < 1.29 is 8.78 Å². The first-order valence-corrected chi connectivity index (χ1v) is 5.04. The van der Waals surface area contributed by atoms with Crippen molar-refractivity contribution in [2.45, 2.75) is 18.4 Å². The van der Waals surface area contributed by atoms with Gasteiger partial charge in [0.15, 0.2) is 0 Å². The monoisotopic (exact) mass is 267 g/mol. The third-order valence-electron chi connectivity index (χ3n) is 1.98. The molecule has 0 aromatic rings. The third-order valence-corrected chi connectivity index (χ3v) is 2.45. The predicted molar refractivity (Wildman–Crippen MR) is 55.9 cm³/mol. The SMILES string of the molecule is N/C=C(/Br)C=NC1CCNCC1(F)F. The minimum absolute atomic E-state index is 0.307. The van der Waals surface area contributed by atoms with E-state index in [2.05, 4.69) is 26.2 Å². The Kier molecular flexibility index (Phi) is 4.00. The number of hydrogen-bond donors (Lipinski definition) is 2. The average molecular weight is 268 g/mol. The number of nitrogens with two attached hydrogens (primary N) is 1. The van der Waals surface area contributed by atoms with Gasteiger partial charge in [0, 0.05) is 12.4 Å². The fourth-order valence-electron chi connectivity index (χ4n) is 1.21. The number of rotatable bonds is 2. The molecule has 0 saturated carbocycles. The van der Waals surface area contributed by atoms with Gasteiger partial charge in [-0.05, 0) is 28.9 Å². The fourth-order valence-corrected chi connectivity index (χ4v) is 1.33. The van der Waals surface area contributed by atoms with Crippen LogP contribution in [0.3, 0.4) is 0 Å². The molecule has 0 amide bonds. The van der Waals surface area contributed by atoms with Crippen LogP contribution in [0.4, 0.5) is 8.78 Å². The molecule has 1 aliphatic heterocycles. The van der Waals surface area contributed by atoms with E-state index in [0.717, 1.165) is 0 Å². The molecule has 1 heterocycles. The zero-order valence-corrected chi connectivity index (χ0v) is 9.10. The van der Waals surface area contributed by atoms with Gasteiger partial charge >= 0.3 is 0 Å². The van der Waals surface area contributed by atoms with Crippen molar-refractivity contribution in [1.29, 1.82) is 0 Å². The van der Waals surface area contributed by atoms with E-state index < -0.39 is 12.0 Å². The summed E-state index contributed by atoms with van der Waals surface area (Å²) in [7, 11) is 0. The lowest BCUT2D eigenvalue weighted by atomic mass is 10.0. The lowest BCUT2D eigenvalue weighted by molar-refractivity contribution is -0.0377. The van der Waals surface area contributed by atoms with Crippen LogP contribution in [0.2, 0.25) is 0 Å². The van der Waals surface area contributed by atoms with E-state index in [1.54, 1.807) is 0 Å². The Morgan fingerprint density at radius 3 is 2.93 bits per heavy atom. The van der Waals surface area contributed by atoms with E-state index >= 15 is 0 Å². The summed E-state index contributed by atoms with van der Waals surface area (Å²) in [4.78, 5) is 3.80. The topological polar surface area (TPSA) is 50.4 Å². The first kappa shape index (κ1) is 11.6. The van der Waals surface area contributed by atoms with Crippen molar-refractivity contribution in [3.63, 3.8) is 0 Å². The molecule has 0 radical (unpaired) electrons. The molecule has 1 saturated heterocycles. The van der Waals surface area contributed by atoms with Gasteiger partial charge in [0.25, 0.3) is 5.92 Å². The summed E-state index contributed by atoms with van der Waals surface area (Å²) in [6.07, 6.45) is 2.93. The maximum Gasteiger partial charge on any atom is 0.282 e. The lowest BCUT2D eigenvalue weighted by Crippen LogP contribution is -2.48. The van der Waals surface area contributed by atoms with Crippen molar-refractivity contribution in [2.75, 3.05) is 13.1 Å². The summed E-state index contributed by atoms with van der Waals surface area (Å²) in [5.41, 5.74) is 5.16. The van der Waals surface area contributed by atoms with Crippen molar-refractivity contribution in [3.05, 3.63) is 10.7 Å². The molecule has 0 spiro atoms. The van der Waals surface area contributed by atoms with Crippen molar-refractivity contribution >= 4 is 22.1 Å². The van der Waals surface area contributed by atoms with Crippen LogP contribution in [-0.4, -0.2) is 31.3 Å². The molecular weight excluding hydrogens is 256 g/mol. The number of nitrogens with zero attached hydrogens (tertiary/aromatic N) is 1. The Morgan fingerprint density at radius 2 is 2.36 bits per heavy atom. The normalized spacial score (nSPS) is 28.2. The highest BCUT2D eigenvalue weighted by Crippen LogP contribution is 2.25. The Hall–Kier alpha value is -0.490. The van der Waals surface area contributed by atoms with Crippen LogP contribution in [0, 0.1) is 0 Å². The maximum atomic E-state index is 13.2. The number of halogens is 3. The molecule has 80 valence electrons. The molecule has 14 heavy (non-hydrogen) atoms. The van der Waals surface area contributed by atoms with Crippen LogP contribution in [0.1, 0.15) is 6.42 Å². The van der Waals surface area contributed by atoms with Crippen molar-refractivity contribution in [2.24, 2.45) is 10.7 Å². The highest BCUT2D eigenvalue weighted by atomic mass is 79.9. The quantitative estimate of drug-likeness (QED) is 0.740. The summed E-state index contributed by atoms with van der Waals surface area (Å²) < 4.78 is 26.9. The number of allylic oxidation sites excluding steroid dienone is 1. The summed E-state index contributed by atoms with van der Waals surface area (Å²) in [5, 5.41) is 2.63. The van der Waals surface area contributed by atoms with Gasteiger partial charge < -0.3 is 11.1 Å². The number of piperidine rings is 1. The third kappa shape index (κ3) is 3.02. The van der Waals surface area contributed by atoms with Gasteiger partial charge in [-0.1, -0.05) is 0 Å². The Bertz CT molecular complexity index is 253. The summed E-state index contributed by atoms with van der Waals surface area (Å²) in [5.74, 6) is -2.77. The van der Waals surface area contributed by atoms with Crippen molar-refractivity contribution in [1.82, 2.24) is 5.32 Å². The van der Waals surface area contributed by atoms with Crippen molar-refractivity contribution in [3.8, 4) is 0 Å². The Labute approximate surface area is 89.6 Å². The smallest absolute Gasteiger partial charge is 0.282 e. The Morgan fingerprint density at radius 1 is 1.64 bits per heavy atom. The first-order valence-electron chi connectivity index (χ1n) is 4.25. The minimum atomic E-state index is -2.77. The first-order chi connectivity index (χ1) is 6.56. The van der Waals surface area contributed by atoms with Crippen LogP contribution in [0.25, 0.3) is 0 Å². The van der Waals surface area contributed by atoms with E-state index in [1.807, 2.05) is 0 Å². The maximum absolute atomic E-state index is 13.2. The number of hydrogen-bond acceptors (Lipinski definition) is 3. The molecule has 1 fully saturated rings. The van der Waals surface area contributed by atoms with Crippen LogP contribution >= 0.6 is 15.9 Å². The molecule has 0 aliphatic carbocycles. The van der Waals surface area contributed by atoms with Gasteiger partial charge in [-0.15, -0.1) is 0 Å². The number of alkyl halides is 2. The molecule has 3 N–H and O–H groups in total.